The van der Waals surface area contributed by atoms with Crippen molar-refractivity contribution in [3.63, 3.8) is 0 Å². The largest absolute Gasteiger partial charge is 0.390 e. The molecular weight excluding hydrogens is 614 g/mol. The Bertz CT molecular complexity index is 1790. The van der Waals surface area contributed by atoms with E-state index in [4.69, 9.17) is 6.42 Å². The van der Waals surface area contributed by atoms with Crippen molar-refractivity contribution in [1.29, 1.82) is 0 Å². The van der Waals surface area contributed by atoms with E-state index in [1.54, 1.807) is 18.3 Å². The lowest BCUT2D eigenvalue weighted by atomic mass is 10.0. The quantitative estimate of drug-likeness (QED) is 0.176. The summed E-state index contributed by atoms with van der Waals surface area (Å²) < 4.78 is 2.07. The number of hydrogen-bond donors (Lipinski definition) is 2. The molecule has 43 heavy (non-hydrogen) atoms. The summed E-state index contributed by atoms with van der Waals surface area (Å²) in [6.07, 6.45) is 9.30. The number of nitrogens with zero attached hydrogens (tertiary/aromatic N) is 6. The van der Waals surface area contributed by atoms with Crippen molar-refractivity contribution in [3.05, 3.63) is 63.8 Å². The first-order valence-corrected chi connectivity index (χ1v) is 14.5. The maximum atomic E-state index is 13.9. The van der Waals surface area contributed by atoms with Gasteiger partial charge < -0.3 is 15.3 Å². The summed E-state index contributed by atoms with van der Waals surface area (Å²) in [6.45, 7) is 6.58. The molecule has 220 valence electrons. The van der Waals surface area contributed by atoms with Gasteiger partial charge >= 0.3 is 0 Å². The highest BCUT2D eigenvalue weighted by Gasteiger charge is 2.44. The Morgan fingerprint density at radius 3 is 2.58 bits per heavy atom. The van der Waals surface area contributed by atoms with Crippen molar-refractivity contribution in [3.8, 4) is 23.6 Å². The highest BCUT2D eigenvalue weighted by molar-refractivity contribution is 9.10. The number of aliphatic hydroxyl groups excluding tert-OH is 1. The molecule has 5 rings (SSSR count). The number of benzene rings is 1. The van der Waals surface area contributed by atoms with Crippen LogP contribution in [0.25, 0.3) is 22.2 Å². The van der Waals surface area contributed by atoms with Crippen LogP contribution in [0.5, 0.6) is 0 Å². The fourth-order valence-electron chi connectivity index (χ4n) is 5.55. The third-order valence-corrected chi connectivity index (χ3v) is 8.09. The predicted octanol–water partition coefficient (Wildman–Crippen LogP) is 3.84. The molecule has 11 nitrogen and oxygen atoms in total. The summed E-state index contributed by atoms with van der Waals surface area (Å²) in [5, 5.41) is 17.3. The third kappa shape index (κ3) is 5.78. The molecule has 1 fully saturated rings. The lowest BCUT2D eigenvalue weighted by Gasteiger charge is -2.28. The zero-order chi connectivity index (χ0) is 31.0. The van der Waals surface area contributed by atoms with E-state index in [1.165, 1.54) is 22.7 Å². The number of hydrogen-bond acceptors (Lipinski definition) is 8. The predicted molar refractivity (Wildman–Crippen MR) is 164 cm³/mol. The average Bonchev–Trinajstić information content (AvgIpc) is 3.52. The van der Waals surface area contributed by atoms with Gasteiger partial charge in [-0.3, -0.25) is 29.0 Å². The highest BCUT2D eigenvalue weighted by atomic mass is 79.9. The molecule has 4 heterocycles. The van der Waals surface area contributed by atoms with Gasteiger partial charge in [-0.1, -0.05) is 18.9 Å². The number of carbonyl (C=O) groups is 3. The number of likely N-dealkylation sites (tertiary alicyclic amines) is 1. The van der Waals surface area contributed by atoms with Gasteiger partial charge in [-0.25, -0.2) is 4.98 Å². The number of ketones is 1. The SMILES string of the molecule is C#C[C@@H]1[C@@H](C)C[C@@H](C(=O)Nc2nc(Br)ccc2C)N1C(=O)Cn1nc(C(C)=O)c2cc(-c3cnc(CO)cn3)cc(C)c21. The first kappa shape index (κ1) is 30.0. The van der Waals surface area contributed by atoms with Gasteiger partial charge in [0.05, 0.1) is 41.9 Å². The number of nitrogens with one attached hydrogen (secondary N) is 1. The number of aliphatic hydroxyl groups is 1. The topological polar surface area (TPSA) is 143 Å². The molecule has 1 saturated heterocycles. The van der Waals surface area contributed by atoms with Gasteiger partial charge in [-0.05, 0) is 71.4 Å². The molecule has 0 aliphatic carbocycles. The van der Waals surface area contributed by atoms with Crippen molar-refractivity contribution in [2.75, 3.05) is 5.32 Å². The molecule has 4 aromatic rings. The van der Waals surface area contributed by atoms with Gasteiger partial charge in [0.15, 0.2) is 5.78 Å². The number of rotatable bonds is 7. The third-order valence-electron chi connectivity index (χ3n) is 7.65. The van der Waals surface area contributed by atoms with Gasteiger partial charge in [0, 0.05) is 17.9 Å². The van der Waals surface area contributed by atoms with Crippen LogP contribution in [0.3, 0.4) is 0 Å². The second-order valence-electron chi connectivity index (χ2n) is 10.7. The van der Waals surface area contributed by atoms with Crippen LogP contribution in [0.4, 0.5) is 5.82 Å². The van der Waals surface area contributed by atoms with E-state index < -0.39 is 12.1 Å². The van der Waals surface area contributed by atoms with E-state index in [-0.39, 0.29) is 42.4 Å². The summed E-state index contributed by atoms with van der Waals surface area (Å²) in [5.74, 6) is 1.94. The Hall–Kier alpha value is -4.47. The van der Waals surface area contributed by atoms with Gasteiger partial charge in [0.1, 0.15) is 28.7 Å². The first-order valence-electron chi connectivity index (χ1n) is 13.7. The number of aryl methyl sites for hydroxylation is 2. The Kier molecular flexibility index (Phi) is 8.39. The highest BCUT2D eigenvalue weighted by Crippen LogP contribution is 2.33. The Morgan fingerprint density at radius 1 is 1.16 bits per heavy atom. The second kappa shape index (κ2) is 12.0. The van der Waals surface area contributed by atoms with Crippen LogP contribution in [0.15, 0.2) is 41.3 Å². The van der Waals surface area contributed by atoms with E-state index in [2.05, 4.69) is 47.2 Å². The van der Waals surface area contributed by atoms with Crippen molar-refractivity contribution >= 4 is 50.2 Å². The summed E-state index contributed by atoms with van der Waals surface area (Å²) in [6, 6.07) is 5.87. The normalized spacial score (nSPS) is 18.1. The minimum atomic E-state index is -0.814. The molecule has 2 N–H and O–H groups in total. The van der Waals surface area contributed by atoms with E-state index in [0.29, 0.717) is 44.7 Å². The van der Waals surface area contributed by atoms with Crippen molar-refractivity contribution in [1.82, 2.24) is 29.6 Å². The number of pyridine rings is 1. The van der Waals surface area contributed by atoms with Gasteiger partial charge in [0.2, 0.25) is 11.8 Å². The molecule has 2 amide bonds. The molecule has 3 atom stereocenters. The zero-order valence-corrected chi connectivity index (χ0v) is 25.7. The molecule has 0 spiro atoms. The number of carbonyl (C=O) groups excluding carboxylic acids is 3. The Labute approximate surface area is 256 Å². The van der Waals surface area contributed by atoms with Crippen LogP contribution in [0.1, 0.15) is 47.6 Å². The smallest absolute Gasteiger partial charge is 0.248 e. The fraction of sp³-hybridized carbons (Fsp3) is 0.323. The van der Waals surface area contributed by atoms with Crippen molar-refractivity contribution < 1.29 is 19.5 Å². The van der Waals surface area contributed by atoms with Crippen LogP contribution in [0.2, 0.25) is 0 Å². The molecule has 1 aliphatic rings. The summed E-state index contributed by atoms with van der Waals surface area (Å²) in [4.78, 5) is 54.5. The Balaban J connectivity index is 1.49. The minimum absolute atomic E-state index is 0.119. The molecule has 0 bridgehead atoms. The standard InChI is InChI=1S/C31H30BrN7O4/c1-6-24-17(3)10-25(31(43)36-30-16(2)7-8-26(32)35-30)39(24)27(42)14-38-29-18(4)9-20(11-22(29)28(37-38)19(5)41)23-13-33-21(15-40)12-34-23/h1,7-9,11-13,17,24-25,40H,10,14-15H2,2-5H3,(H,35,36,43)/t17-,24+,25-/m0/s1. The monoisotopic (exact) mass is 643 g/mol. The molecule has 3 aromatic heterocycles. The number of Topliss-reactive ketones (excluding diaryl/α,β-unsaturated/α-hetero) is 1. The minimum Gasteiger partial charge on any atom is -0.390 e. The van der Waals surface area contributed by atoms with Crippen LogP contribution in [-0.4, -0.2) is 64.4 Å². The number of amides is 2. The lowest BCUT2D eigenvalue weighted by molar-refractivity contribution is -0.138. The van der Waals surface area contributed by atoms with Crippen LogP contribution >= 0.6 is 15.9 Å². The van der Waals surface area contributed by atoms with E-state index in [0.717, 1.165) is 11.1 Å². The number of anilines is 1. The van der Waals surface area contributed by atoms with Gasteiger partial charge in [0.25, 0.3) is 0 Å². The molecule has 1 aromatic carbocycles. The number of halogens is 1. The number of aromatic nitrogens is 5. The van der Waals surface area contributed by atoms with Crippen LogP contribution in [0, 0.1) is 32.1 Å². The molecule has 0 radical (unpaired) electrons. The van der Waals surface area contributed by atoms with Crippen LogP contribution in [-0.2, 0) is 22.7 Å². The van der Waals surface area contributed by atoms with E-state index in [9.17, 15) is 19.5 Å². The maximum absolute atomic E-state index is 13.9. The Morgan fingerprint density at radius 2 is 1.93 bits per heavy atom. The lowest BCUT2D eigenvalue weighted by Crippen LogP contribution is -2.48. The molecular formula is C31H30BrN7O4. The average molecular weight is 645 g/mol. The second-order valence-corrected chi connectivity index (χ2v) is 11.5. The molecule has 12 heteroatoms. The first-order chi connectivity index (χ1) is 20.5. The van der Waals surface area contributed by atoms with E-state index in [1.807, 2.05) is 32.9 Å². The van der Waals surface area contributed by atoms with Crippen molar-refractivity contribution in [2.24, 2.45) is 5.92 Å². The van der Waals surface area contributed by atoms with Gasteiger partial charge in [-0.15, -0.1) is 6.42 Å². The van der Waals surface area contributed by atoms with E-state index >= 15 is 0 Å². The summed E-state index contributed by atoms with van der Waals surface area (Å²) in [7, 11) is 0. The van der Waals surface area contributed by atoms with Crippen molar-refractivity contribution in [2.45, 2.75) is 59.4 Å². The number of fused-ring (bicyclic) bond motifs is 1. The molecule has 0 saturated carbocycles. The fourth-order valence-corrected chi connectivity index (χ4v) is 5.86. The maximum Gasteiger partial charge on any atom is 0.248 e. The molecule has 0 unspecified atom stereocenters. The summed E-state index contributed by atoms with van der Waals surface area (Å²) in [5.41, 5.74) is 4.08. The molecule has 1 aliphatic heterocycles. The summed E-state index contributed by atoms with van der Waals surface area (Å²) >= 11 is 3.33. The van der Waals surface area contributed by atoms with Crippen LogP contribution < -0.4 is 5.32 Å². The number of terminal acetylenes is 1. The zero-order valence-electron chi connectivity index (χ0n) is 24.1. The van der Waals surface area contributed by atoms with Gasteiger partial charge in [-0.2, -0.15) is 5.10 Å².